The Morgan fingerprint density at radius 1 is 1.47 bits per heavy atom. The summed E-state index contributed by atoms with van der Waals surface area (Å²) in [5.41, 5.74) is -0.252. The number of carboxylic acids is 1. The molecule has 1 rings (SSSR count). The number of carbonyl (C=O) groups is 2. The van der Waals surface area contributed by atoms with Gasteiger partial charge in [0, 0.05) is 0 Å². The third kappa shape index (κ3) is 2.93. The molecule has 1 atom stereocenters. The number of methoxy groups -OCH3 is 1. The van der Waals surface area contributed by atoms with Gasteiger partial charge < -0.3 is 15.2 Å². The molecule has 0 bridgehead atoms. The van der Waals surface area contributed by atoms with E-state index in [2.05, 4.69) is 5.32 Å². The second-order valence-corrected chi connectivity index (χ2v) is 3.36. The van der Waals surface area contributed by atoms with E-state index in [0.29, 0.717) is 0 Å². The molecule has 0 aliphatic carbocycles. The van der Waals surface area contributed by atoms with Gasteiger partial charge in [0.1, 0.15) is 6.04 Å². The van der Waals surface area contributed by atoms with Gasteiger partial charge in [-0.25, -0.2) is 4.39 Å². The monoisotopic (exact) mass is 241 g/mol. The van der Waals surface area contributed by atoms with Gasteiger partial charge in [-0.1, -0.05) is 6.07 Å². The van der Waals surface area contributed by atoms with E-state index in [1.165, 1.54) is 32.2 Å². The summed E-state index contributed by atoms with van der Waals surface area (Å²) in [6.45, 7) is 1.29. The molecule has 17 heavy (non-hydrogen) atoms. The van der Waals surface area contributed by atoms with Crippen LogP contribution >= 0.6 is 0 Å². The van der Waals surface area contributed by atoms with Gasteiger partial charge in [0.2, 0.25) is 0 Å². The Bertz CT molecular complexity index is 447. The normalized spacial score (nSPS) is 11.7. The van der Waals surface area contributed by atoms with Crippen LogP contribution in [0.5, 0.6) is 5.75 Å². The number of carboxylic acid groups (broad SMARTS) is 1. The molecule has 1 aromatic rings. The second kappa shape index (κ2) is 5.29. The maximum atomic E-state index is 13.6. The van der Waals surface area contributed by atoms with Crippen LogP contribution in [0, 0.1) is 5.82 Å². The Kier molecular flexibility index (Phi) is 4.03. The van der Waals surface area contributed by atoms with E-state index in [1.54, 1.807) is 0 Å². The van der Waals surface area contributed by atoms with Crippen molar-refractivity contribution in [3.05, 3.63) is 29.6 Å². The third-order valence-electron chi connectivity index (χ3n) is 2.15. The topological polar surface area (TPSA) is 75.6 Å². The lowest BCUT2D eigenvalue weighted by atomic mass is 10.1. The number of amides is 1. The molecule has 0 fully saturated rings. The van der Waals surface area contributed by atoms with E-state index in [-0.39, 0.29) is 11.3 Å². The number of aliphatic carboxylic acids is 1. The quantitative estimate of drug-likeness (QED) is 0.825. The maximum absolute atomic E-state index is 13.6. The van der Waals surface area contributed by atoms with Crippen molar-refractivity contribution in [1.29, 1.82) is 0 Å². The first-order chi connectivity index (χ1) is 7.97. The summed E-state index contributed by atoms with van der Waals surface area (Å²) < 4.78 is 18.4. The van der Waals surface area contributed by atoms with Crippen LogP contribution in [0.4, 0.5) is 4.39 Å². The van der Waals surface area contributed by atoms with Crippen LogP contribution in [0.1, 0.15) is 17.3 Å². The maximum Gasteiger partial charge on any atom is 0.325 e. The van der Waals surface area contributed by atoms with Gasteiger partial charge in [0.05, 0.1) is 12.7 Å². The van der Waals surface area contributed by atoms with Gasteiger partial charge in [-0.05, 0) is 19.1 Å². The number of hydrogen-bond donors (Lipinski definition) is 2. The fraction of sp³-hybridized carbons (Fsp3) is 0.273. The molecule has 2 N–H and O–H groups in total. The summed E-state index contributed by atoms with van der Waals surface area (Å²) in [4.78, 5) is 22.1. The van der Waals surface area contributed by atoms with E-state index in [0.717, 1.165) is 0 Å². The Morgan fingerprint density at radius 3 is 2.65 bits per heavy atom. The van der Waals surface area contributed by atoms with Crippen molar-refractivity contribution in [3.8, 4) is 5.75 Å². The first-order valence-corrected chi connectivity index (χ1v) is 4.83. The van der Waals surface area contributed by atoms with Crippen molar-refractivity contribution in [2.24, 2.45) is 0 Å². The van der Waals surface area contributed by atoms with E-state index < -0.39 is 23.7 Å². The number of nitrogens with one attached hydrogen (secondary N) is 1. The summed E-state index contributed by atoms with van der Waals surface area (Å²) in [6, 6.07) is 2.98. The van der Waals surface area contributed by atoms with Gasteiger partial charge in [0.15, 0.2) is 11.6 Å². The zero-order valence-electron chi connectivity index (χ0n) is 9.36. The van der Waals surface area contributed by atoms with E-state index in [1.807, 2.05) is 0 Å². The van der Waals surface area contributed by atoms with Crippen LogP contribution in [0.2, 0.25) is 0 Å². The Hall–Kier alpha value is -2.11. The standard InChI is InChI=1S/C11H12FNO4/c1-6(11(15)16)13-10(14)7-4-3-5-8(17-2)9(7)12/h3-6H,1-2H3,(H,13,14)(H,15,16). The number of ether oxygens (including phenoxy) is 1. The highest BCUT2D eigenvalue weighted by Gasteiger charge is 2.19. The minimum absolute atomic E-state index is 0.0689. The Labute approximate surface area is 97.2 Å². The molecule has 0 aliphatic heterocycles. The van der Waals surface area contributed by atoms with Crippen LogP contribution < -0.4 is 10.1 Å². The number of benzene rings is 1. The predicted molar refractivity (Wildman–Crippen MR) is 57.5 cm³/mol. The van der Waals surface area contributed by atoms with Gasteiger partial charge in [-0.2, -0.15) is 0 Å². The first-order valence-electron chi connectivity index (χ1n) is 4.83. The van der Waals surface area contributed by atoms with Crippen molar-refractivity contribution >= 4 is 11.9 Å². The number of hydrogen-bond acceptors (Lipinski definition) is 3. The second-order valence-electron chi connectivity index (χ2n) is 3.36. The molecule has 0 aliphatic rings. The summed E-state index contributed by atoms with van der Waals surface area (Å²) in [7, 11) is 1.28. The minimum atomic E-state index is -1.19. The first kappa shape index (κ1) is 13.0. The largest absolute Gasteiger partial charge is 0.494 e. The smallest absolute Gasteiger partial charge is 0.325 e. The highest BCUT2D eigenvalue weighted by molar-refractivity contribution is 5.97. The molecular formula is C11H12FNO4. The summed E-state index contributed by atoms with van der Waals surface area (Å²) in [5.74, 6) is -2.87. The van der Waals surface area contributed by atoms with Crippen LogP contribution in [0.3, 0.4) is 0 Å². The molecule has 1 aromatic carbocycles. The average molecular weight is 241 g/mol. The number of halogens is 1. The lowest BCUT2D eigenvalue weighted by Gasteiger charge is -2.11. The summed E-state index contributed by atoms with van der Waals surface area (Å²) in [5, 5.41) is 10.8. The molecule has 5 nitrogen and oxygen atoms in total. The van der Waals surface area contributed by atoms with Crippen molar-refractivity contribution in [2.75, 3.05) is 7.11 Å². The zero-order chi connectivity index (χ0) is 13.0. The lowest BCUT2D eigenvalue weighted by Crippen LogP contribution is -2.38. The molecular weight excluding hydrogens is 229 g/mol. The van der Waals surface area contributed by atoms with Gasteiger partial charge in [0.25, 0.3) is 5.91 Å². The molecule has 0 aromatic heterocycles. The third-order valence-corrected chi connectivity index (χ3v) is 2.15. The lowest BCUT2D eigenvalue weighted by molar-refractivity contribution is -0.138. The van der Waals surface area contributed by atoms with Gasteiger partial charge >= 0.3 is 5.97 Å². The van der Waals surface area contributed by atoms with E-state index in [4.69, 9.17) is 9.84 Å². The molecule has 0 radical (unpaired) electrons. The van der Waals surface area contributed by atoms with Gasteiger partial charge in [-0.15, -0.1) is 0 Å². The van der Waals surface area contributed by atoms with Crippen molar-refractivity contribution in [1.82, 2.24) is 5.32 Å². The Morgan fingerprint density at radius 2 is 2.12 bits per heavy atom. The molecule has 0 heterocycles. The van der Waals surface area contributed by atoms with Crippen LogP contribution in [0.15, 0.2) is 18.2 Å². The molecule has 1 unspecified atom stereocenters. The van der Waals surface area contributed by atoms with Crippen molar-refractivity contribution in [2.45, 2.75) is 13.0 Å². The van der Waals surface area contributed by atoms with Crippen LogP contribution in [0.25, 0.3) is 0 Å². The highest BCUT2D eigenvalue weighted by atomic mass is 19.1. The van der Waals surface area contributed by atoms with Crippen molar-refractivity contribution < 1.29 is 23.8 Å². The molecule has 6 heteroatoms. The number of rotatable bonds is 4. The summed E-state index contributed by atoms with van der Waals surface area (Å²) >= 11 is 0. The predicted octanol–water partition coefficient (Wildman–Crippen LogP) is 1.04. The molecule has 0 saturated carbocycles. The molecule has 0 spiro atoms. The van der Waals surface area contributed by atoms with Crippen LogP contribution in [-0.2, 0) is 4.79 Å². The fourth-order valence-electron chi connectivity index (χ4n) is 1.18. The van der Waals surface area contributed by atoms with Crippen molar-refractivity contribution in [3.63, 3.8) is 0 Å². The van der Waals surface area contributed by atoms with Gasteiger partial charge in [-0.3, -0.25) is 9.59 Å². The zero-order valence-corrected chi connectivity index (χ0v) is 9.36. The number of carbonyl (C=O) groups excluding carboxylic acids is 1. The SMILES string of the molecule is COc1cccc(C(=O)NC(C)C(=O)O)c1F. The highest BCUT2D eigenvalue weighted by Crippen LogP contribution is 2.19. The minimum Gasteiger partial charge on any atom is -0.494 e. The molecule has 0 saturated heterocycles. The molecule has 1 amide bonds. The van der Waals surface area contributed by atoms with E-state index >= 15 is 0 Å². The average Bonchev–Trinajstić information content (AvgIpc) is 2.28. The van der Waals surface area contributed by atoms with Crippen LogP contribution in [-0.4, -0.2) is 30.1 Å². The molecule has 92 valence electrons. The van der Waals surface area contributed by atoms with E-state index in [9.17, 15) is 14.0 Å². The fourth-order valence-corrected chi connectivity index (χ4v) is 1.18. The summed E-state index contributed by atoms with van der Waals surface area (Å²) in [6.07, 6.45) is 0. The Balaban J connectivity index is 2.93.